The normalized spacial score (nSPS) is 18.2. The van der Waals surface area contributed by atoms with Crippen LogP contribution in [-0.4, -0.2) is 5.11 Å². The Bertz CT molecular complexity index is 347. The molecule has 0 unspecified atom stereocenters. The van der Waals surface area contributed by atoms with Crippen LogP contribution in [0.1, 0.15) is 18.4 Å². The molecule has 60 valence electrons. The van der Waals surface area contributed by atoms with Crippen molar-refractivity contribution in [1.29, 1.82) is 0 Å². The van der Waals surface area contributed by atoms with Crippen LogP contribution in [0.15, 0.2) is 24.3 Å². The van der Waals surface area contributed by atoms with Gasteiger partial charge >= 0.3 is 0 Å². The summed E-state index contributed by atoms with van der Waals surface area (Å²) in [6.07, 6.45) is 1.86. The SMILES string of the molecule is [C-]#[N+]C1(c2cccc(O)c2)CC1. The van der Waals surface area contributed by atoms with E-state index in [0.29, 0.717) is 0 Å². The van der Waals surface area contributed by atoms with E-state index in [9.17, 15) is 5.11 Å². The van der Waals surface area contributed by atoms with Crippen LogP contribution in [0.5, 0.6) is 5.75 Å². The summed E-state index contributed by atoms with van der Waals surface area (Å²) in [5.74, 6) is 0.252. The molecule has 0 aliphatic heterocycles. The van der Waals surface area contributed by atoms with Gasteiger partial charge in [-0.3, -0.25) is 0 Å². The Labute approximate surface area is 71.3 Å². The van der Waals surface area contributed by atoms with Gasteiger partial charge in [0.25, 0.3) is 5.54 Å². The lowest BCUT2D eigenvalue weighted by Gasteiger charge is -2.01. The van der Waals surface area contributed by atoms with Crippen molar-refractivity contribution < 1.29 is 5.11 Å². The molecular weight excluding hydrogens is 150 g/mol. The second kappa shape index (κ2) is 2.25. The average molecular weight is 159 g/mol. The third kappa shape index (κ3) is 0.947. The fourth-order valence-electron chi connectivity index (χ4n) is 1.38. The molecule has 0 heterocycles. The maximum atomic E-state index is 9.20. The molecule has 2 rings (SSSR count). The van der Waals surface area contributed by atoms with E-state index in [1.807, 2.05) is 6.07 Å². The monoisotopic (exact) mass is 159 g/mol. The summed E-state index contributed by atoms with van der Waals surface area (Å²) in [6.45, 7) is 7.02. The van der Waals surface area contributed by atoms with E-state index in [2.05, 4.69) is 4.85 Å². The number of nitrogens with zero attached hydrogens (tertiary/aromatic N) is 1. The predicted molar refractivity (Wildman–Crippen MR) is 45.6 cm³/mol. The van der Waals surface area contributed by atoms with Crippen LogP contribution in [0.4, 0.5) is 0 Å². The van der Waals surface area contributed by atoms with Gasteiger partial charge in [-0.05, 0) is 12.1 Å². The summed E-state index contributed by atoms with van der Waals surface area (Å²) in [5, 5.41) is 9.20. The summed E-state index contributed by atoms with van der Waals surface area (Å²) in [6, 6.07) is 7.01. The summed E-state index contributed by atoms with van der Waals surface area (Å²) in [5.41, 5.74) is 0.663. The summed E-state index contributed by atoms with van der Waals surface area (Å²) >= 11 is 0. The first kappa shape index (κ1) is 7.17. The number of aromatic hydroxyl groups is 1. The van der Waals surface area contributed by atoms with Gasteiger partial charge in [-0.15, -0.1) is 0 Å². The molecular formula is C10H9NO. The zero-order valence-corrected chi connectivity index (χ0v) is 6.62. The highest BCUT2D eigenvalue weighted by molar-refractivity contribution is 5.38. The van der Waals surface area contributed by atoms with Gasteiger partial charge in [0, 0.05) is 18.4 Å². The fraction of sp³-hybridized carbons (Fsp3) is 0.300. The molecule has 1 aliphatic carbocycles. The zero-order chi connectivity index (χ0) is 8.60. The quantitative estimate of drug-likeness (QED) is 0.625. The van der Waals surface area contributed by atoms with E-state index in [-0.39, 0.29) is 11.3 Å². The number of hydrogen-bond acceptors (Lipinski definition) is 1. The van der Waals surface area contributed by atoms with Crippen molar-refractivity contribution in [2.24, 2.45) is 0 Å². The first-order chi connectivity index (χ1) is 5.77. The second-order valence-electron chi connectivity index (χ2n) is 3.19. The van der Waals surface area contributed by atoms with Crippen LogP contribution >= 0.6 is 0 Å². The maximum absolute atomic E-state index is 9.20. The van der Waals surface area contributed by atoms with Gasteiger partial charge < -0.3 is 9.95 Å². The number of phenols is 1. The van der Waals surface area contributed by atoms with Gasteiger partial charge in [0.1, 0.15) is 5.75 Å². The number of hydrogen-bond donors (Lipinski definition) is 1. The molecule has 0 saturated heterocycles. The Morgan fingerprint density at radius 3 is 2.67 bits per heavy atom. The Kier molecular flexibility index (Phi) is 1.34. The predicted octanol–water partition coefficient (Wildman–Crippen LogP) is 2.30. The highest BCUT2D eigenvalue weighted by Crippen LogP contribution is 2.49. The van der Waals surface area contributed by atoms with Gasteiger partial charge in [0.2, 0.25) is 0 Å². The van der Waals surface area contributed by atoms with E-state index in [0.717, 1.165) is 18.4 Å². The molecule has 1 saturated carbocycles. The average Bonchev–Trinajstić information content (AvgIpc) is 2.84. The second-order valence-corrected chi connectivity index (χ2v) is 3.19. The Balaban J connectivity index is 2.42. The Morgan fingerprint density at radius 1 is 1.42 bits per heavy atom. The topological polar surface area (TPSA) is 24.6 Å². The standard InChI is InChI=1S/C10H9NO/c1-11-10(5-6-10)8-3-2-4-9(12)7-8/h2-4,7,12H,5-6H2. The van der Waals surface area contributed by atoms with Crippen LogP contribution in [0.25, 0.3) is 4.85 Å². The molecule has 0 radical (unpaired) electrons. The van der Waals surface area contributed by atoms with Crippen LogP contribution in [0, 0.1) is 6.57 Å². The van der Waals surface area contributed by atoms with Crippen LogP contribution < -0.4 is 0 Å². The van der Waals surface area contributed by atoms with Gasteiger partial charge in [0.05, 0.1) is 0 Å². The smallest absolute Gasteiger partial charge is 0.258 e. The molecule has 0 atom stereocenters. The van der Waals surface area contributed by atoms with Crippen molar-refractivity contribution in [3.8, 4) is 5.75 Å². The summed E-state index contributed by atoms with van der Waals surface area (Å²) < 4.78 is 0. The molecule has 1 fully saturated rings. The van der Waals surface area contributed by atoms with E-state index in [1.165, 1.54) is 0 Å². The van der Waals surface area contributed by atoms with Gasteiger partial charge in [-0.25, -0.2) is 6.57 Å². The highest BCUT2D eigenvalue weighted by atomic mass is 16.3. The molecule has 0 amide bonds. The maximum Gasteiger partial charge on any atom is 0.258 e. The largest absolute Gasteiger partial charge is 0.508 e. The molecule has 0 spiro atoms. The Morgan fingerprint density at radius 2 is 2.17 bits per heavy atom. The summed E-state index contributed by atoms with van der Waals surface area (Å²) in [7, 11) is 0. The third-order valence-electron chi connectivity index (χ3n) is 2.32. The molecule has 2 heteroatoms. The Hall–Kier alpha value is -1.49. The lowest BCUT2D eigenvalue weighted by molar-refractivity contribution is 0.474. The molecule has 1 N–H and O–H groups in total. The molecule has 0 bridgehead atoms. The van der Waals surface area contributed by atoms with E-state index >= 15 is 0 Å². The summed E-state index contributed by atoms with van der Waals surface area (Å²) in [4.78, 5) is 3.58. The first-order valence-electron chi connectivity index (χ1n) is 3.95. The van der Waals surface area contributed by atoms with Crippen LogP contribution in [0.3, 0.4) is 0 Å². The number of rotatable bonds is 1. The van der Waals surface area contributed by atoms with Crippen LogP contribution in [0.2, 0.25) is 0 Å². The molecule has 12 heavy (non-hydrogen) atoms. The highest BCUT2D eigenvalue weighted by Gasteiger charge is 2.52. The molecule has 1 aromatic rings. The molecule has 1 aliphatic rings. The fourth-order valence-corrected chi connectivity index (χ4v) is 1.38. The molecule has 2 nitrogen and oxygen atoms in total. The van der Waals surface area contributed by atoms with Gasteiger partial charge in [-0.1, -0.05) is 12.1 Å². The molecule has 0 aromatic heterocycles. The third-order valence-corrected chi connectivity index (χ3v) is 2.32. The van der Waals surface area contributed by atoms with Crippen molar-refractivity contribution in [1.82, 2.24) is 0 Å². The lowest BCUT2D eigenvalue weighted by Crippen LogP contribution is -1.98. The van der Waals surface area contributed by atoms with E-state index < -0.39 is 0 Å². The van der Waals surface area contributed by atoms with Gasteiger partial charge in [-0.2, -0.15) is 0 Å². The zero-order valence-electron chi connectivity index (χ0n) is 6.62. The molecule has 1 aromatic carbocycles. The lowest BCUT2D eigenvalue weighted by atomic mass is 10.1. The minimum Gasteiger partial charge on any atom is -0.508 e. The van der Waals surface area contributed by atoms with Crippen LogP contribution in [-0.2, 0) is 5.54 Å². The minimum absolute atomic E-state index is 0.252. The first-order valence-corrected chi connectivity index (χ1v) is 3.95. The van der Waals surface area contributed by atoms with Crippen molar-refractivity contribution in [3.63, 3.8) is 0 Å². The number of benzene rings is 1. The minimum atomic E-state index is -0.293. The van der Waals surface area contributed by atoms with E-state index in [4.69, 9.17) is 6.57 Å². The van der Waals surface area contributed by atoms with Gasteiger partial charge in [0.15, 0.2) is 0 Å². The van der Waals surface area contributed by atoms with Crippen molar-refractivity contribution in [2.45, 2.75) is 18.4 Å². The van der Waals surface area contributed by atoms with Crippen molar-refractivity contribution in [3.05, 3.63) is 41.2 Å². The van der Waals surface area contributed by atoms with Crippen molar-refractivity contribution in [2.75, 3.05) is 0 Å². The van der Waals surface area contributed by atoms with Crippen molar-refractivity contribution >= 4 is 0 Å². The van der Waals surface area contributed by atoms with E-state index in [1.54, 1.807) is 18.2 Å². The number of phenolic OH excluding ortho intramolecular Hbond substituents is 1.